The van der Waals surface area contributed by atoms with Gasteiger partial charge >= 0.3 is 0 Å². The normalized spacial score (nSPS) is 53.2. The Bertz CT molecular complexity index is 184. The Morgan fingerprint density at radius 1 is 0.769 bits per heavy atom. The first-order valence-electron chi connectivity index (χ1n) is 6.24. The van der Waals surface area contributed by atoms with E-state index in [1.807, 2.05) is 0 Å². The minimum atomic E-state index is 0.954. The Kier molecular flexibility index (Phi) is 1.82. The highest BCUT2D eigenvalue weighted by molar-refractivity contribution is 6.35. The molecule has 13 heavy (non-hydrogen) atoms. The zero-order valence-corrected chi connectivity index (χ0v) is 9.00. The molecule has 0 radical (unpaired) electrons. The molecule has 4 aliphatic rings. The van der Waals surface area contributed by atoms with E-state index < -0.39 is 0 Å². The summed E-state index contributed by atoms with van der Waals surface area (Å²) in [4.78, 5) is 0. The second-order valence-electron chi connectivity index (χ2n) is 6.25. The van der Waals surface area contributed by atoms with Gasteiger partial charge in [0.15, 0.2) is 0 Å². The van der Waals surface area contributed by atoms with Gasteiger partial charge in [0.25, 0.3) is 0 Å². The summed E-state index contributed by atoms with van der Waals surface area (Å²) in [6, 6.07) is 0. The van der Waals surface area contributed by atoms with Crippen LogP contribution in [0.2, 0.25) is 5.72 Å². The van der Waals surface area contributed by atoms with Crippen molar-refractivity contribution in [2.45, 2.75) is 37.8 Å². The van der Waals surface area contributed by atoms with E-state index in [9.17, 15) is 0 Å². The largest absolute Gasteiger partial charge is 0.0960 e. The average molecular weight is 174 g/mol. The van der Waals surface area contributed by atoms with Crippen molar-refractivity contribution in [3.05, 3.63) is 0 Å². The molecule has 4 saturated carbocycles. The molecule has 0 atom stereocenters. The molecule has 0 N–H and O–H groups in total. The molecule has 4 aliphatic carbocycles. The molecule has 0 spiro atoms. The molecule has 0 unspecified atom stereocenters. The van der Waals surface area contributed by atoms with Crippen molar-refractivity contribution in [3.63, 3.8) is 0 Å². The van der Waals surface area contributed by atoms with Crippen LogP contribution in [0.15, 0.2) is 0 Å². The van der Waals surface area contributed by atoms with Crippen LogP contribution in [0, 0.1) is 29.6 Å². The molecule has 4 rings (SSSR count). The number of hydrogen-bond donors (Lipinski definition) is 0. The highest BCUT2D eigenvalue weighted by Gasteiger charge is 2.48. The third-order valence-electron chi connectivity index (χ3n) is 5.07. The predicted molar refractivity (Wildman–Crippen MR) is 61.4 cm³/mol. The van der Waals surface area contributed by atoms with E-state index in [0.717, 1.165) is 35.3 Å². The smallest absolute Gasteiger partial charge is 0.0927 e. The van der Waals surface area contributed by atoms with Gasteiger partial charge in [-0.3, -0.25) is 0 Å². The maximum Gasteiger partial charge on any atom is 0.0960 e. The molecule has 0 aromatic heterocycles. The number of rotatable bonds is 1. The van der Waals surface area contributed by atoms with E-state index in [0.29, 0.717) is 0 Å². The molecule has 0 saturated heterocycles. The summed E-state index contributed by atoms with van der Waals surface area (Å²) in [7, 11) is 4.90. The SMILES string of the molecule is BC(B)C1C2CC3CC(C2)CC1C3. The first-order valence-corrected chi connectivity index (χ1v) is 6.24. The van der Waals surface area contributed by atoms with Gasteiger partial charge < -0.3 is 0 Å². The molecule has 0 amide bonds. The third-order valence-corrected chi connectivity index (χ3v) is 5.07. The molecule has 4 bridgehead atoms. The lowest BCUT2D eigenvalue weighted by atomic mass is 9.44. The van der Waals surface area contributed by atoms with Crippen LogP contribution in [0.4, 0.5) is 0 Å². The van der Waals surface area contributed by atoms with E-state index in [4.69, 9.17) is 0 Å². The van der Waals surface area contributed by atoms with E-state index >= 15 is 0 Å². The average Bonchev–Trinajstić information content (AvgIpc) is 2.00. The molecular weight excluding hydrogens is 154 g/mol. The summed E-state index contributed by atoms with van der Waals surface area (Å²) in [6.45, 7) is 0. The van der Waals surface area contributed by atoms with Crippen LogP contribution in [0.3, 0.4) is 0 Å². The molecule has 0 aromatic carbocycles. The van der Waals surface area contributed by atoms with E-state index in [-0.39, 0.29) is 0 Å². The van der Waals surface area contributed by atoms with Crippen LogP contribution in [0.1, 0.15) is 32.1 Å². The second kappa shape index (κ2) is 2.81. The molecule has 0 heterocycles. The van der Waals surface area contributed by atoms with Crippen molar-refractivity contribution < 1.29 is 0 Å². The molecule has 70 valence electrons. The highest BCUT2D eigenvalue weighted by Crippen LogP contribution is 2.58. The van der Waals surface area contributed by atoms with Crippen LogP contribution in [0.25, 0.3) is 0 Å². The molecule has 0 aromatic rings. The third kappa shape index (κ3) is 1.21. The molecule has 0 aliphatic heterocycles. The lowest BCUT2D eigenvalue weighted by Gasteiger charge is -2.56. The summed E-state index contributed by atoms with van der Waals surface area (Å²) in [5.74, 6) is 5.68. The monoisotopic (exact) mass is 174 g/mol. The van der Waals surface area contributed by atoms with Crippen LogP contribution in [-0.4, -0.2) is 15.7 Å². The summed E-state index contributed by atoms with van der Waals surface area (Å²) in [5.41, 5.74) is 0.954. The van der Waals surface area contributed by atoms with Crippen molar-refractivity contribution in [1.29, 1.82) is 0 Å². The van der Waals surface area contributed by atoms with Crippen molar-refractivity contribution in [1.82, 2.24) is 0 Å². The van der Waals surface area contributed by atoms with Gasteiger partial charge in [-0.05, 0) is 61.7 Å². The van der Waals surface area contributed by atoms with Crippen molar-refractivity contribution in [2.75, 3.05) is 0 Å². The van der Waals surface area contributed by atoms with Crippen LogP contribution >= 0.6 is 0 Å². The van der Waals surface area contributed by atoms with Crippen LogP contribution in [0.5, 0.6) is 0 Å². The van der Waals surface area contributed by atoms with Gasteiger partial charge in [-0.1, -0.05) is 5.72 Å². The van der Waals surface area contributed by atoms with Gasteiger partial charge in [0.1, 0.15) is 0 Å². The fourth-order valence-electron chi connectivity index (χ4n) is 5.06. The van der Waals surface area contributed by atoms with Gasteiger partial charge in [0, 0.05) is 0 Å². The van der Waals surface area contributed by atoms with E-state index in [1.165, 1.54) is 0 Å². The van der Waals surface area contributed by atoms with Gasteiger partial charge in [-0.15, -0.1) is 0 Å². The van der Waals surface area contributed by atoms with Crippen molar-refractivity contribution in [2.24, 2.45) is 29.6 Å². The summed E-state index contributed by atoms with van der Waals surface area (Å²) in [6.07, 6.45) is 7.97. The predicted octanol–water partition coefficient (Wildman–Crippen LogP) is 1.07. The fraction of sp³-hybridized carbons (Fsp3) is 1.00. The maximum atomic E-state index is 2.45. The van der Waals surface area contributed by atoms with E-state index in [1.54, 1.807) is 32.1 Å². The van der Waals surface area contributed by atoms with Crippen LogP contribution in [-0.2, 0) is 0 Å². The van der Waals surface area contributed by atoms with Crippen molar-refractivity contribution >= 4 is 15.7 Å². The van der Waals surface area contributed by atoms with Gasteiger partial charge in [0.05, 0.1) is 15.7 Å². The fourth-order valence-corrected chi connectivity index (χ4v) is 5.06. The first kappa shape index (κ1) is 8.44. The Morgan fingerprint density at radius 2 is 1.23 bits per heavy atom. The Morgan fingerprint density at radius 3 is 1.62 bits per heavy atom. The Labute approximate surface area is 83.7 Å². The Balaban J connectivity index is 1.85. The topological polar surface area (TPSA) is 0 Å². The molecule has 2 heteroatoms. The summed E-state index contributed by atoms with van der Waals surface area (Å²) in [5, 5.41) is 0. The van der Waals surface area contributed by atoms with Crippen LogP contribution < -0.4 is 0 Å². The highest BCUT2D eigenvalue weighted by atomic mass is 14.5. The Hall–Kier alpha value is 0.130. The summed E-state index contributed by atoms with van der Waals surface area (Å²) >= 11 is 0. The quantitative estimate of drug-likeness (QED) is 0.521. The number of hydrogen-bond acceptors (Lipinski definition) is 0. The molecule has 4 fully saturated rings. The second-order valence-corrected chi connectivity index (χ2v) is 6.25. The first-order chi connectivity index (χ1) is 6.24. The zero-order valence-electron chi connectivity index (χ0n) is 9.00. The minimum Gasteiger partial charge on any atom is -0.0927 e. The maximum absolute atomic E-state index is 2.45. The van der Waals surface area contributed by atoms with Crippen molar-refractivity contribution in [3.8, 4) is 0 Å². The van der Waals surface area contributed by atoms with Gasteiger partial charge in [-0.25, -0.2) is 0 Å². The molecular formula is C11H20B2. The standard InChI is InChI=1S/C11H20B2/c12-11(13)10-8-2-6-1-7(4-8)5-9(10)3-6/h6-11H,1-5,12-13H2. The molecule has 0 nitrogen and oxygen atoms in total. The lowest BCUT2D eigenvalue weighted by Crippen LogP contribution is -2.46. The zero-order chi connectivity index (χ0) is 9.00. The van der Waals surface area contributed by atoms with E-state index in [2.05, 4.69) is 15.7 Å². The summed E-state index contributed by atoms with van der Waals surface area (Å²) < 4.78 is 0. The lowest BCUT2D eigenvalue weighted by molar-refractivity contribution is -0.0315. The van der Waals surface area contributed by atoms with Gasteiger partial charge in [-0.2, -0.15) is 0 Å². The minimum absolute atomic E-state index is 0.954. The van der Waals surface area contributed by atoms with Gasteiger partial charge in [0.2, 0.25) is 0 Å².